The predicted molar refractivity (Wildman–Crippen MR) is 137 cm³/mol. The lowest BCUT2D eigenvalue weighted by molar-refractivity contribution is -0.111. The number of methoxy groups -OCH3 is 1. The van der Waals surface area contributed by atoms with Gasteiger partial charge in [-0.3, -0.25) is 9.69 Å². The molecule has 0 saturated heterocycles. The molecule has 174 valence electrons. The molecular formula is C28H34N2O3. The number of nitrogens with zero attached hydrogens (tertiary/aromatic N) is 1. The molecule has 3 aromatic rings. The van der Waals surface area contributed by atoms with Gasteiger partial charge in [0.1, 0.15) is 6.61 Å². The molecule has 0 saturated carbocycles. The van der Waals surface area contributed by atoms with Crippen LogP contribution in [0.1, 0.15) is 33.3 Å². The minimum absolute atomic E-state index is 0.204. The summed E-state index contributed by atoms with van der Waals surface area (Å²) in [4.78, 5) is 14.9. The van der Waals surface area contributed by atoms with Crippen LogP contribution in [0.4, 0.5) is 5.69 Å². The lowest BCUT2D eigenvalue weighted by Gasteiger charge is -2.30. The zero-order chi connectivity index (χ0) is 23.8. The second-order valence-corrected chi connectivity index (χ2v) is 8.57. The molecule has 0 atom stereocenters. The van der Waals surface area contributed by atoms with E-state index in [2.05, 4.69) is 62.2 Å². The molecule has 5 heteroatoms. The third kappa shape index (κ3) is 6.83. The number of nitrogens with one attached hydrogen (secondary N) is 1. The molecule has 1 N–H and O–H groups in total. The summed E-state index contributed by atoms with van der Waals surface area (Å²) in [6, 6.07) is 20.6. The fraction of sp³-hybridized carbons (Fsp3) is 0.321. The highest BCUT2D eigenvalue weighted by Crippen LogP contribution is 2.30. The van der Waals surface area contributed by atoms with E-state index in [0.29, 0.717) is 35.9 Å². The first-order valence-corrected chi connectivity index (χ1v) is 11.4. The molecule has 0 aliphatic carbocycles. The Kier molecular flexibility index (Phi) is 8.50. The summed E-state index contributed by atoms with van der Waals surface area (Å²) in [6.45, 7) is 10.1. The highest BCUT2D eigenvalue weighted by Gasteiger charge is 2.14. The Morgan fingerprint density at radius 2 is 1.67 bits per heavy atom. The highest BCUT2D eigenvalue weighted by molar-refractivity contribution is 6.02. The molecule has 0 aliphatic rings. The van der Waals surface area contributed by atoms with Crippen molar-refractivity contribution in [3.8, 4) is 11.5 Å². The number of rotatable bonds is 10. The van der Waals surface area contributed by atoms with E-state index in [4.69, 9.17) is 9.47 Å². The summed E-state index contributed by atoms with van der Waals surface area (Å²) in [6.07, 6.45) is 3.35. The van der Waals surface area contributed by atoms with Gasteiger partial charge in [-0.15, -0.1) is 0 Å². The van der Waals surface area contributed by atoms with Gasteiger partial charge in [0, 0.05) is 36.5 Å². The Labute approximate surface area is 197 Å². The third-order valence-electron chi connectivity index (χ3n) is 5.57. The minimum atomic E-state index is -0.204. The molecule has 0 spiro atoms. The molecule has 0 bridgehead atoms. The number of ether oxygens (including phenoxy) is 2. The maximum absolute atomic E-state index is 12.5. The second kappa shape index (κ2) is 11.5. The number of hydrogen-bond acceptors (Lipinski definition) is 4. The van der Waals surface area contributed by atoms with Crippen LogP contribution in [-0.4, -0.2) is 43.2 Å². The minimum Gasteiger partial charge on any atom is -0.493 e. The van der Waals surface area contributed by atoms with Gasteiger partial charge in [-0.2, -0.15) is 0 Å². The molecule has 0 radical (unpaired) electrons. The molecule has 0 fully saturated rings. The zero-order valence-electron chi connectivity index (χ0n) is 20.2. The van der Waals surface area contributed by atoms with E-state index in [-0.39, 0.29) is 5.91 Å². The van der Waals surface area contributed by atoms with Crippen molar-refractivity contribution in [2.24, 2.45) is 0 Å². The van der Waals surface area contributed by atoms with Gasteiger partial charge >= 0.3 is 0 Å². The molecular weight excluding hydrogens is 412 g/mol. The SMILES string of the molecule is COc1ccc(NC(=O)/C=C/c2ccc3ccccc3c2)cc1OCCN(C(C)C)C(C)C. The molecule has 3 aromatic carbocycles. The zero-order valence-corrected chi connectivity index (χ0v) is 20.2. The highest BCUT2D eigenvalue weighted by atomic mass is 16.5. The van der Waals surface area contributed by atoms with Gasteiger partial charge in [0.2, 0.25) is 5.91 Å². The van der Waals surface area contributed by atoms with Gasteiger partial charge in [0.25, 0.3) is 0 Å². The maximum atomic E-state index is 12.5. The van der Waals surface area contributed by atoms with Crippen LogP contribution >= 0.6 is 0 Å². The van der Waals surface area contributed by atoms with E-state index in [1.54, 1.807) is 19.2 Å². The Morgan fingerprint density at radius 3 is 2.36 bits per heavy atom. The van der Waals surface area contributed by atoms with Crippen molar-refractivity contribution in [2.45, 2.75) is 39.8 Å². The predicted octanol–water partition coefficient (Wildman–Crippen LogP) is 6.00. The quantitative estimate of drug-likeness (QED) is 0.388. The van der Waals surface area contributed by atoms with Gasteiger partial charge in [-0.05, 0) is 68.3 Å². The van der Waals surface area contributed by atoms with Crippen LogP contribution in [-0.2, 0) is 4.79 Å². The molecule has 1 amide bonds. The standard InChI is InChI=1S/C28H34N2O3/c1-20(2)30(21(3)4)16-17-33-27-19-25(13-14-26(27)32-5)29-28(31)15-11-22-10-12-23-8-6-7-9-24(23)18-22/h6-15,18-21H,16-17H2,1-5H3,(H,29,31)/b15-11+. The Bertz CT molecular complexity index is 1100. The second-order valence-electron chi connectivity index (χ2n) is 8.57. The summed E-state index contributed by atoms with van der Waals surface area (Å²) < 4.78 is 11.4. The number of hydrogen-bond donors (Lipinski definition) is 1. The Hall–Kier alpha value is -3.31. The summed E-state index contributed by atoms with van der Waals surface area (Å²) >= 11 is 0. The van der Waals surface area contributed by atoms with E-state index in [1.165, 1.54) is 11.5 Å². The van der Waals surface area contributed by atoms with Crippen LogP contribution in [0.5, 0.6) is 11.5 Å². The fourth-order valence-electron chi connectivity index (χ4n) is 3.91. The number of carbonyl (C=O) groups excluding carboxylic acids is 1. The van der Waals surface area contributed by atoms with Crippen molar-refractivity contribution in [3.63, 3.8) is 0 Å². The van der Waals surface area contributed by atoms with Crippen LogP contribution in [0.3, 0.4) is 0 Å². The summed E-state index contributed by atoms with van der Waals surface area (Å²) in [5, 5.41) is 5.22. The summed E-state index contributed by atoms with van der Waals surface area (Å²) in [5.41, 5.74) is 1.63. The largest absolute Gasteiger partial charge is 0.493 e. The average molecular weight is 447 g/mol. The van der Waals surface area contributed by atoms with Crippen molar-refractivity contribution >= 4 is 28.4 Å². The smallest absolute Gasteiger partial charge is 0.248 e. The first-order valence-electron chi connectivity index (χ1n) is 11.4. The fourth-order valence-corrected chi connectivity index (χ4v) is 3.91. The van der Waals surface area contributed by atoms with Crippen molar-refractivity contribution in [2.75, 3.05) is 25.6 Å². The van der Waals surface area contributed by atoms with E-state index < -0.39 is 0 Å². The molecule has 0 unspecified atom stereocenters. The van der Waals surface area contributed by atoms with E-state index in [0.717, 1.165) is 17.5 Å². The van der Waals surface area contributed by atoms with Gasteiger partial charge < -0.3 is 14.8 Å². The van der Waals surface area contributed by atoms with Crippen LogP contribution in [0.25, 0.3) is 16.8 Å². The van der Waals surface area contributed by atoms with Crippen LogP contribution in [0.2, 0.25) is 0 Å². The lowest BCUT2D eigenvalue weighted by Crippen LogP contribution is -2.39. The molecule has 3 rings (SSSR count). The third-order valence-corrected chi connectivity index (χ3v) is 5.57. The van der Waals surface area contributed by atoms with Gasteiger partial charge in [0.15, 0.2) is 11.5 Å². The number of anilines is 1. The van der Waals surface area contributed by atoms with Crippen molar-refractivity contribution in [1.82, 2.24) is 4.90 Å². The molecule has 0 aliphatic heterocycles. The number of fused-ring (bicyclic) bond motifs is 1. The van der Waals surface area contributed by atoms with E-state index in [1.807, 2.05) is 30.3 Å². The normalized spacial score (nSPS) is 11.6. The average Bonchev–Trinajstić information content (AvgIpc) is 2.80. The number of carbonyl (C=O) groups is 1. The van der Waals surface area contributed by atoms with Crippen molar-refractivity contribution in [1.29, 1.82) is 0 Å². The van der Waals surface area contributed by atoms with E-state index >= 15 is 0 Å². The summed E-state index contributed by atoms with van der Waals surface area (Å²) in [5.74, 6) is 1.05. The molecule has 5 nitrogen and oxygen atoms in total. The molecule has 0 aromatic heterocycles. The topological polar surface area (TPSA) is 50.8 Å². The number of amides is 1. The molecule has 0 heterocycles. The maximum Gasteiger partial charge on any atom is 0.248 e. The van der Waals surface area contributed by atoms with Crippen LogP contribution < -0.4 is 14.8 Å². The van der Waals surface area contributed by atoms with Crippen molar-refractivity contribution < 1.29 is 14.3 Å². The van der Waals surface area contributed by atoms with Gasteiger partial charge in [0.05, 0.1) is 7.11 Å². The number of benzene rings is 3. The first kappa shape index (κ1) is 24.3. The van der Waals surface area contributed by atoms with E-state index in [9.17, 15) is 4.79 Å². The van der Waals surface area contributed by atoms with Gasteiger partial charge in [-0.25, -0.2) is 0 Å². The first-order chi connectivity index (χ1) is 15.9. The lowest BCUT2D eigenvalue weighted by atomic mass is 10.1. The Balaban J connectivity index is 1.63. The van der Waals surface area contributed by atoms with Crippen LogP contribution in [0.15, 0.2) is 66.7 Å². The van der Waals surface area contributed by atoms with Crippen LogP contribution in [0, 0.1) is 0 Å². The molecule has 33 heavy (non-hydrogen) atoms. The Morgan fingerprint density at radius 1 is 0.939 bits per heavy atom. The van der Waals surface area contributed by atoms with Crippen molar-refractivity contribution in [3.05, 3.63) is 72.3 Å². The summed E-state index contributed by atoms with van der Waals surface area (Å²) in [7, 11) is 1.61. The monoisotopic (exact) mass is 446 g/mol. The van der Waals surface area contributed by atoms with Gasteiger partial charge in [-0.1, -0.05) is 36.4 Å².